The number of nitriles is 1. The zero-order valence-corrected chi connectivity index (χ0v) is 15.5. The van der Waals surface area contributed by atoms with Crippen molar-refractivity contribution in [3.8, 4) is 6.07 Å². The largest absolute Gasteiger partial charge is 0.335 e. The van der Waals surface area contributed by atoms with Crippen molar-refractivity contribution in [2.24, 2.45) is 0 Å². The van der Waals surface area contributed by atoms with E-state index in [4.69, 9.17) is 5.26 Å². The number of carbonyl (C=O) groups is 1. The maximum Gasteiger partial charge on any atom is 0.238 e. The van der Waals surface area contributed by atoms with Crippen LogP contribution in [0.25, 0.3) is 0 Å². The van der Waals surface area contributed by atoms with Crippen molar-refractivity contribution in [1.82, 2.24) is 4.90 Å². The summed E-state index contributed by atoms with van der Waals surface area (Å²) in [6.07, 6.45) is 1.70. The number of rotatable bonds is 7. The van der Waals surface area contributed by atoms with Crippen LogP contribution in [-0.4, -0.2) is 31.0 Å². The molecule has 0 unspecified atom stereocenters. The van der Waals surface area contributed by atoms with Crippen LogP contribution in [0.1, 0.15) is 29.5 Å². The number of hydrogen-bond donors (Lipinski definition) is 0. The highest BCUT2D eigenvalue weighted by atomic mass is 32.2. The summed E-state index contributed by atoms with van der Waals surface area (Å²) in [7, 11) is -3.64. The Balaban J connectivity index is 1.66. The Morgan fingerprint density at radius 2 is 1.67 bits per heavy atom. The number of benzene rings is 2. The van der Waals surface area contributed by atoms with Crippen LogP contribution in [0.2, 0.25) is 0 Å². The van der Waals surface area contributed by atoms with Gasteiger partial charge in [-0.15, -0.1) is 0 Å². The zero-order chi connectivity index (χ0) is 19.4. The molecule has 3 rings (SSSR count). The average molecular weight is 386 g/mol. The van der Waals surface area contributed by atoms with Gasteiger partial charge in [-0.25, -0.2) is 12.8 Å². The molecule has 1 saturated carbocycles. The molecule has 0 radical (unpaired) electrons. The second kappa shape index (κ2) is 7.89. The van der Waals surface area contributed by atoms with Gasteiger partial charge in [0.2, 0.25) is 5.91 Å². The van der Waals surface area contributed by atoms with Crippen LogP contribution in [0.15, 0.2) is 48.5 Å². The fourth-order valence-corrected chi connectivity index (χ4v) is 4.19. The van der Waals surface area contributed by atoms with Gasteiger partial charge in [-0.1, -0.05) is 24.3 Å². The van der Waals surface area contributed by atoms with E-state index in [2.05, 4.69) is 0 Å². The standard InChI is InChI=1S/C20H19FN2O3S/c21-18-7-5-16(6-8-18)12-23(19-9-10-19)20(24)14-27(25,26)13-17-3-1-15(11-22)2-4-17/h1-8,19H,9-10,12-14H2. The lowest BCUT2D eigenvalue weighted by molar-refractivity contribution is -0.129. The molecular formula is C20H19FN2O3S. The fourth-order valence-electron chi connectivity index (χ4n) is 2.85. The predicted molar refractivity (Wildman–Crippen MR) is 98.6 cm³/mol. The lowest BCUT2D eigenvalue weighted by Crippen LogP contribution is -2.37. The molecular weight excluding hydrogens is 367 g/mol. The Morgan fingerprint density at radius 3 is 2.22 bits per heavy atom. The molecule has 1 aliphatic rings. The van der Waals surface area contributed by atoms with Crippen molar-refractivity contribution in [3.63, 3.8) is 0 Å². The highest BCUT2D eigenvalue weighted by Gasteiger charge is 2.34. The van der Waals surface area contributed by atoms with Crippen LogP contribution in [0.4, 0.5) is 4.39 Å². The van der Waals surface area contributed by atoms with Gasteiger partial charge in [0.1, 0.15) is 11.6 Å². The fraction of sp³-hybridized carbons (Fsp3) is 0.300. The van der Waals surface area contributed by atoms with Gasteiger partial charge in [-0.2, -0.15) is 5.26 Å². The van der Waals surface area contributed by atoms with Crippen molar-refractivity contribution in [1.29, 1.82) is 5.26 Å². The molecule has 0 saturated heterocycles. The van der Waals surface area contributed by atoms with Gasteiger partial charge < -0.3 is 4.90 Å². The predicted octanol–water partition coefficient (Wildman–Crippen LogP) is 2.80. The van der Waals surface area contributed by atoms with Crippen molar-refractivity contribution in [2.45, 2.75) is 31.2 Å². The monoisotopic (exact) mass is 386 g/mol. The van der Waals surface area contributed by atoms with E-state index in [-0.39, 0.29) is 24.2 Å². The third-order valence-corrected chi connectivity index (χ3v) is 5.85. The minimum atomic E-state index is -3.64. The molecule has 140 valence electrons. The molecule has 1 amide bonds. The molecule has 2 aromatic carbocycles. The molecule has 5 nitrogen and oxygen atoms in total. The number of nitrogens with zero attached hydrogens (tertiary/aromatic N) is 2. The lowest BCUT2D eigenvalue weighted by Gasteiger charge is -2.22. The summed E-state index contributed by atoms with van der Waals surface area (Å²) >= 11 is 0. The van der Waals surface area contributed by atoms with Crippen molar-refractivity contribution >= 4 is 15.7 Å². The van der Waals surface area contributed by atoms with Crippen LogP contribution < -0.4 is 0 Å². The average Bonchev–Trinajstić information content (AvgIpc) is 3.46. The van der Waals surface area contributed by atoms with Gasteiger partial charge in [0.05, 0.1) is 17.4 Å². The van der Waals surface area contributed by atoms with Crippen LogP contribution in [0.5, 0.6) is 0 Å². The van der Waals surface area contributed by atoms with Gasteiger partial charge >= 0.3 is 0 Å². The second-order valence-corrected chi connectivity index (χ2v) is 8.78. The van der Waals surface area contributed by atoms with Gasteiger partial charge in [-0.05, 0) is 48.2 Å². The first-order valence-corrected chi connectivity index (χ1v) is 10.4. The Morgan fingerprint density at radius 1 is 1.07 bits per heavy atom. The third-order valence-electron chi connectivity index (χ3n) is 4.39. The smallest absolute Gasteiger partial charge is 0.238 e. The number of sulfone groups is 1. The molecule has 0 atom stereocenters. The maximum absolute atomic E-state index is 13.1. The van der Waals surface area contributed by atoms with E-state index in [1.807, 2.05) is 6.07 Å². The Bertz CT molecular complexity index is 960. The van der Waals surface area contributed by atoms with E-state index in [9.17, 15) is 17.6 Å². The third kappa shape index (κ3) is 5.38. The molecule has 0 aromatic heterocycles. The molecule has 0 heterocycles. The molecule has 0 spiro atoms. The Kier molecular flexibility index (Phi) is 5.57. The van der Waals surface area contributed by atoms with Gasteiger partial charge in [0.25, 0.3) is 0 Å². The molecule has 2 aromatic rings. The quantitative estimate of drug-likeness (QED) is 0.733. The number of carbonyl (C=O) groups excluding carboxylic acids is 1. The van der Waals surface area contributed by atoms with Crippen LogP contribution in [-0.2, 0) is 26.9 Å². The van der Waals surface area contributed by atoms with Gasteiger partial charge in [-0.3, -0.25) is 4.79 Å². The zero-order valence-electron chi connectivity index (χ0n) is 14.6. The van der Waals surface area contributed by atoms with Crippen molar-refractivity contribution < 1.29 is 17.6 Å². The second-order valence-electron chi connectivity index (χ2n) is 6.72. The summed E-state index contributed by atoms with van der Waals surface area (Å²) < 4.78 is 37.9. The molecule has 0 N–H and O–H groups in total. The van der Waals surface area contributed by atoms with Gasteiger partial charge in [0, 0.05) is 12.6 Å². The van der Waals surface area contributed by atoms with Crippen LogP contribution in [0, 0.1) is 17.1 Å². The summed E-state index contributed by atoms with van der Waals surface area (Å²) in [5, 5.41) is 8.80. The Labute approximate surface area is 158 Å². The summed E-state index contributed by atoms with van der Waals surface area (Å²) in [6, 6.07) is 14.1. The van der Waals surface area contributed by atoms with E-state index in [1.54, 1.807) is 41.3 Å². The summed E-state index contributed by atoms with van der Waals surface area (Å²) in [5.41, 5.74) is 1.76. The lowest BCUT2D eigenvalue weighted by atomic mass is 10.2. The van der Waals surface area contributed by atoms with E-state index in [0.717, 1.165) is 18.4 Å². The van der Waals surface area contributed by atoms with E-state index >= 15 is 0 Å². The molecule has 0 bridgehead atoms. The first-order chi connectivity index (χ1) is 12.9. The molecule has 1 fully saturated rings. The van der Waals surface area contributed by atoms with Crippen molar-refractivity contribution in [3.05, 3.63) is 71.0 Å². The highest BCUT2D eigenvalue weighted by Crippen LogP contribution is 2.29. The van der Waals surface area contributed by atoms with Crippen LogP contribution >= 0.6 is 0 Å². The Hall–Kier alpha value is -2.72. The topological polar surface area (TPSA) is 78.2 Å². The number of amides is 1. The van der Waals surface area contributed by atoms with Crippen molar-refractivity contribution in [2.75, 3.05) is 5.75 Å². The normalized spacial score (nSPS) is 13.8. The minimum absolute atomic E-state index is 0.0488. The molecule has 1 aliphatic carbocycles. The SMILES string of the molecule is N#Cc1ccc(CS(=O)(=O)CC(=O)N(Cc2ccc(F)cc2)C2CC2)cc1. The molecule has 7 heteroatoms. The first kappa shape index (κ1) is 19.1. The highest BCUT2D eigenvalue weighted by molar-refractivity contribution is 7.91. The van der Waals surface area contributed by atoms with Crippen LogP contribution in [0.3, 0.4) is 0 Å². The minimum Gasteiger partial charge on any atom is -0.335 e. The maximum atomic E-state index is 13.1. The van der Waals surface area contributed by atoms with E-state index in [1.165, 1.54) is 12.1 Å². The molecule has 0 aliphatic heterocycles. The summed E-state index contributed by atoms with van der Waals surface area (Å²) in [5.74, 6) is -1.60. The molecule has 27 heavy (non-hydrogen) atoms. The summed E-state index contributed by atoms with van der Waals surface area (Å²) in [6.45, 7) is 0.274. The number of hydrogen-bond acceptors (Lipinski definition) is 4. The van der Waals surface area contributed by atoms with Gasteiger partial charge in [0.15, 0.2) is 9.84 Å². The van der Waals surface area contributed by atoms with E-state index < -0.39 is 21.5 Å². The van der Waals surface area contributed by atoms with E-state index in [0.29, 0.717) is 11.1 Å². The summed E-state index contributed by atoms with van der Waals surface area (Å²) in [4.78, 5) is 14.2. The first-order valence-electron chi connectivity index (χ1n) is 8.60. The number of halogens is 1.